The molecule has 0 aliphatic heterocycles. The van der Waals surface area contributed by atoms with Crippen LogP contribution in [0.1, 0.15) is 30.6 Å². The van der Waals surface area contributed by atoms with Gasteiger partial charge in [-0.1, -0.05) is 55.2 Å². The molecule has 1 amide bonds. The topological polar surface area (TPSA) is 38.3 Å². The van der Waals surface area contributed by atoms with Gasteiger partial charge < -0.3 is 10.1 Å². The second kappa shape index (κ2) is 8.23. The number of hydrogen-bond acceptors (Lipinski definition) is 2. The van der Waals surface area contributed by atoms with E-state index in [0.717, 1.165) is 6.42 Å². The first-order chi connectivity index (χ1) is 11.0. The Balaban J connectivity index is 2.14. The van der Waals surface area contributed by atoms with E-state index in [1.807, 2.05) is 6.07 Å². The number of amides is 1. The Labute approximate surface area is 146 Å². The molecule has 1 N–H and O–H groups in total. The third-order valence-electron chi connectivity index (χ3n) is 3.28. The highest BCUT2D eigenvalue weighted by Gasteiger charge is 2.14. The largest absolute Gasteiger partial charge is 0.493 e. The summed E-state index contributed by atoms with van der Waals surface area (Å²) in [6, 6.07) is 12.2. The lowest BCUT2D eigenvalue weighted by atomic mass is 10.1. The van der Waals surface area contributed by atoms with Gasteiger partial charge >= 0.3 is 0 Å². The monoisotopic (exact) mass is 351 g/mol. The number of hydrogen-bond donors (Lipinski definition) is 1. The van der Waals surface area contributed by atoms with E-state index in [2.05, 4.69) is 19.2 Å². The normalized spacial score (nSPS) is 10.7. The molecule has 2 rings (SSSR count). The predicted octanol–water partition coefficient (Wildman–Crippen LogP) is 5.67. The lowest BCUT2D eigenvalue weighted by Crippen LogP contribution is -2.14. The van der Waals surface area contributed by atoms with Crippen LogP contribution in [0.5, 0.6) is 5.75 Å². The van der Waals surface area contributed by atoms with Crippen LogP contribution >= 0.6 is 23.2 Å². The Morgan fingerprint density at radius 2 is 1.87 bits per heavy atom. The summed E-state index contributed by atoms with van der Waals surface area (Å²) in [5.41, 5.74) is 0.938. The number of carbonyl (C=O) groups is 1. The minimum Gasteiger partial charge on any atom is -0.493 e. The smallest absolute Gasteiger partial charge is 0.259 e. The van der Waals surface area contributed by atoms with E-state index in [0.29, 0.717) is 39.6 Å². The van der Waals surface area contributed by atoms with Crippen LogP contribution in [-0.4, -0.2) is 12.5 Å². The van der Waals surface area contributed by atoms with Crippen molar-refractivity contribution in [2.24, 2.45) is 5.92 Å². The first kappa shape index (κ1) is 17.6. The van der Waals surface area contributed by atoms with E-state index >= 15 is 0 Å². The summed E-state index contributed by atoms with van der Waals surface area (Å²) in [6.45, 7) is 4.83. The molecule has 0 saturated carbocycles. The fourth-order valence-electron chi connectivity index (χ4n) is 1.97. The number of benzene rings is 2. The van der Waals surface area contributed by atoms with Crippen LogP contribution < -0.4 is 10.1 Å². The highest BCUT2D eigenvalue weighted by Crippen LogP contribution is 2.30. The molecule has 3 nitrogen and oxygen atoms in total. The zero-order valence-electron chi connectivity index (χ0n) is 13.1. The second-order valence-corrected chi connectivity index (χ2v) is 6.37. The van der Waals surface area contributed by atoms with Gasteiger partial charge in [-0.2, -0.15) is 0 Å². The van der Waals surface area contributed by atoms with Crippen molar-refractivity contribution in [1.29, 1.82) is 0 Å². The third kappa shape index (κ3) is 4.88. The number of carbonyl (C=O) groups excluding carboxylic acids is 1. The van der Waals surface area contributed by atoms with Gasteiger partial charge in [-0.15, -0.1) is 0 Å². The molecule has 23 heavy (non-hydrogen) atoms. The summed E-state index contributed by atoms with van der Waals surface area (Å²) in [5, 5.41) is 3.49. The third-order valence-corrected chi connectivity index (χ3v) is 4.10. The molecule has 5 heteroatoms. The van der Waals surface area contributed by atoms with Gasteiger partial charge in [-0.3, -0.25) is 4.79 Å². The second-order valence-electron chi connectivity index (χ2n) is 5.58. The molecule has 0 aliphatic carbocycles. The lowest BCUT2D eigenvalue weighted by Gasteiger charge is -2.13. The molecule has 0 unspecified atom stereocenters. The van der Waals surface area contributed by atoms with Crippen LogP contribution in [0.4, 0.5) is 5.69 Å². The molecule has 0 atom stereocenters. The van der Waals surface area contributed by atoms with Crippen molar-refractivity contribution >= 4 is 34.8 Å². The van der Waals surface area contributed by atoms with Crippen molar-refractivity contribution < 1.29 is 9.53 Å². The maximum absolute atomic E-state index is 12.5. The highest BCUT2D eigenvalue weighted by atomic mass is 35.5. The molecule has 2 aromatic rings. The van der Waals surface area contributed by atoms with Gasteiger partial charge in [0.2, 0.25) is 0 Å². The Kier molecular flexibility index (Phi) is 6.31. The molecule has 0 heterocycles. The molecule has 0 aliphatic rings. The Hall–Kier alpha value is -1.71. The average molecular weight is 352 g/mol. The first-order valence-electron chi connectivity index (χ1n) is 7.46. The fourth-order valence-corrected chi connectivity index (χ4v) is 2.32. The molecular formula is C18H19Cl2NO2. The predicted molar refractivity (Wildman–Crippen MR) is 95.8 cm³/mol. The van der Waals surface area contributed by atoms with Crippen molar-refractivity contribution in [2.45, 2.75) is 20.3 Å². The number of anilines is 1. The minimum atomic E-state index is -0.283. The summed E-state index contributed by atoms with van der Waals surface area (Å²) < 4.78 is 5.74. The molecule has 0 fully saturated rings. The van der Waals surface area contributed by atoms with Gasteiger partial charge in [-0.25, -0.2) is 0 Å². The minimum absolute atomic E-state index is 0.283. The Morgan fingerprint density at radius 1 is 1.13 bits per heavy atom. The van der Waals surface area contributed by atoms with Crippen LogP contribution in [0.15, 0.2) is 42.5 Å². The quantitative estimate of drug-likeness (QED) is 0.727. The molecule has 0 radical (unpaired) electrons. The fraction of sp³-hybridized carbons (Fsp3) is 0.278. The zero-order valence-corrected chi connectivity index (χ0v) is 14.6. The number of rotatable bonds is 6. The molecular weight excluding hydrogens is 333 g/mol. The van der Waals surface area contributed by atoms with Crippen molar-refractivity contribution in [3.8, 4) is 5.75 Å². The van der Waals surface area contributed by atoms with Gasteiger partial charge in [0.05, 0.1) is 27.9 Å². The first-order valence-corrected chi connectivity index (χ1v) is 8.22. The SMILES string of the molecule is CC(C)CCOc1ccccc1C(=O)Nc1cccc(Cl)c1Cl. The van der Waals surface area contributed by atoms with Gasteiger partial charge in [0.25, 0.3) is 5.91 Å². The number of para-hydroxylation sites is 1. The van der Waals surface area contributed by atoms with Crippen molar-refractivity contribution in [2.75, 3.05) is 11.9 Å². The molecule has 0 bridgehead atoms. The molecule has 2 aromatic carbocycles. The van der Waals surface area contributed by atoms with Gasteiger partial charge in [0.1, 0.15) is 5.75 Å². The Bertz CT molecular complexity index is 686. The molecule has 0 spiro atoms. The van der Waals surface area contributed by atoms with Crippen LogP contribution in [0.2, 0.25) is 10.0 Å². The van der Waals surface area contributed by atoms with Crippen molar-refractivity contribution in [3.05, 3.63) is 58.1 Å². The van der Waals surface area contributed by atoms with Crippen LogP contribution in [0.3, 0.4) is 0 Å². The van der Waals surface area contributed by atoms with E-state index in [1.54, 1.807) is 36.4 Å². The lowest BCUT2D eigenvalue weighted by molar-refractivity contribution is 0.102. The maximum atomic E-state index is 12.5. The van der Waals surface area contributed by atoms with Crippen molar-refractivity contribution in [1.82, 2.24) is 0 Å². The standard InChI is InChI=1S/C18H19Cl2NO2/c1-12(2)10-11-23-16-9-4-3-6-13(16)18(22)21-15-8-5-7-14(19)17(15)20/h3-9,12H,10-11H2,1-2H3,(H,21,22). The molecule has 122 valence electrons. The summed E-state index contributed by atoms with van der Waals surface area (Å²) in [5.74, 6) is 0.819. The molecule has 0 aromatic heterocycles. The van der Waals surface area contributed by atoms with Crippen LogP contribution in [0, 0.1) is 5.92 Å². The van der Waals surface area contributed by atoms with Crippen LogP contribution in [-0.2, 0) is 0 Å². The summed E-state index contributed by atoms with van der Waals surface area (Å²) in [4.78, 5) is 12.5. The van der Waals surface area contributed by atoms with Crippen LogP contribution in [0.25, 0.3) is 0 Å². The highest BCUT2D eigenvalue weighted by molar-refractivity contribution is 6.44. The maximum Gasteiger partial charge on any atom is 0.259 e. The number of halogens is 2. The van der Waals surface area contributed by atoms with E-state index in [1.165, 1.54) is 0 Å². The average Bonchev–Trinajstić information content (AvgIpc) is 2.52. The zero-order chi connectivity index (χ0) is 16.8. The van der Waals surface area contributed by atoms with E-state index in [4.69, 9.17) is 27.9 Å². The summed E-state index contributed by atoms with van der Waals surface area (Å²) in [7, 11) is 0. The van der Waals surface area contributed by atoms with E-state index in [-0.39, 0.29) is 5.91 Å². The van der Waals surface area contributed by atoms with Gasteiger partial charge in [0.15, 0.2) is 0 Å². The van der Waals surface area contributed by atoms with E-state index in [9.17, 15) is 4.79 Å². The summed E-state index contributed by atoms with van der Waals surface area (Å²) in [6.07, 6.45) is 0.927. The number of nitrogens with one attached hydrogen (secondary N) is 1. The Morgan fingerprint density at radius 3 is 2.61 bits per heavy atom. The summed E-state index contributed by atoms with van der Waals surface area (Å²) >= 11 is 12.1. The number of ether oxygens (including phenoxy) is 1. The molecule has 0 saturated heterocycles. The van der Waals surface area contributed by atoms with Gasteiger partial charge in [0, 0.05) is 0 Å². The van der Waals surface area contributed by atoms with Crippen molar-refractivity contribution in [3.63, 3.8) is 0 Å². The van der Waals surface area contributed by atoms with Gasteiger partial charge in [-0.05, 0) is 36.6 Å². The van der Waals surface area contributed by atoms with E-state index < -0.39 is 0 Å².